The lowest BCUT2D eigenvalue weighted by atomic mass is 10.1. The molecule has 0 spiro atoms. The molecule has 0 saturated carbocycles. The van der Waals surface area contributed by atoms with E-state index in [0.717, 1.165) is 76.1 Å². The number of aromatic nitrogens is 4. The number of unbranched alkanes of at least 4 members (excludes halogenated alkanes) is 4. The Bertz CT molecular complexity index is 1560. The smallest absolute Gasteiger partial charge is 0.129 e. The van der Waals surface area contributed by atoms with Gasteiger partial charge in [-0.1, -0.05) is 65.1 Å². The van der Waals surface area contributed by atoms with Crippen LogP contribution in [0, 0.1) is 11.5 Å². The molecule has 5 heterocycles. The second-order valence-electron chi connectivity index (χ2n) is 12.0. The summed E-state index contributed by atoms with van der Waals surface area (Å²) < 4.78 is 0. The summed E-state index contributed by atoms with van der Waals surface area (Å²) >= 11 is 0. The number of hydrogen-bond acceptors (Lipinski definition) is 2. The van der Waals surface area contributed by atoms with Gasteiger partial charge in [0, 0.05) is 33.2 Å². The fraction of sp³-hybridized carbons (Fsp3) is 0.371. The molecule has 0 aliphatic carbocycles. The van der Waals surface area contributed by atoms with Crippen LogP contribution >= 0.6 is 0 Å². The van der Waals surface area contributed by atoms with Gasteiger partial charge in [-0.15, -0.1) is 5.54 Å². The molecule has 5 rings (SSSR count). The number of nitrogens with zero attached hydrogens (tertiary/aromatic N) is 2. The summed E-state index contributed by atoms with van der Waals surface area (Å²) in [4.78, 5) is 17.8. The van der Waals surface area contributed by atoms with Gasteiger partial charge >= 0.3 is 0 Å². The number of aryl methyl sites for hydroxylation is 2. The van der Waals surface area contributed by atoms with E-state index in [0.29, 0.717) is 0 Å². The van der Waals surface area contributed by atoms with Crippen molar-refractivity contribution in [1.29, 1.82) is 0 Å². The molecule has 0 unspecified atom stereocenters. The molecule has 0 atom stereocenters. The normalized spacial score (nSPS) is 12.5. The first kappa shape index (κ1) is 27.9. The largest absolute Gasteiger partial charge is 0.355 e. The zero-order valence-corrected chi connectivity index (χ0v) is 25.7. The van der Waals surface area contributed by atoms with Crippen molar-refractivity contribution in [3.8, 4) is 11.5 Å². The lowest BCUT2D eigenvalue weighted by Crippen LogP contribution is -2.16. The van der Waals surface area contributed by atoms with Crippen LogP contribution in [0.3, 0.4) is 0 Å². The maximum absolute atomic E-state index is 5.20. The van der Waals surface area contributed by atoms with Gasteiger partial charge in [-0.05, 0) is 80.3 Å². The average Bonchev–Trinajstić information content (AvgIpc) is 3.73. The molecule has 2 aliphatic heterocycles. The Kier molecular flexibility index (Phi) is 8.56. The van der Waals surface area contributed by atoms with Gasteiger partial charge in [0.15, 0.2) is 0 Å². The first-order chi connectivity index (χ1) is 19.3. The third kappa shape index (κ3) is 6.56. The highest BCUT2D eigenvalue weighted by molar-refractivity contribution is 6.83. The van der Waals surface area contributed by atoms with Crippen molar-refractivity contribution in [3.63, 3.8) is 0 Å². The van der Waals surface area contributed by atoms with Crippen LogP contribution in [-0.4, -0.2) is 28.0 Å². The lowest BCUT2D eigenvalue weighted by Gasteiger charge is -2.05. The molecule has 3 aromatic rings. The van der Waals surface area contributed by atoms with E-state index >= 15 is 0 Å². The predicted octanol–water partition coefficient (Wildman–Crippen LogP) is 9.35. The molecule has 4 nitrogen and oxygen atoms in total. The molecule has 3 aromatic heterocycles. The molecule has 5 heteroatoms. The number of H-pyrrole nitrogens is 2. The fourth-order valence-corrected chi connectivity index (χ4v) is 5.77. The van der Waals surface area contributed by atoms with Crippen molar-refractivity contribution < 1.29 is 0 Å². The maximum Gasteiger partial charge on any atom is 0.129 e. The van der Waals surface area contributed by atoms with Gasteiger partial charge in [0.05, 0.1) is 28.3 Å². The highest BCUT2D eigenvalue weighted by atomic mass is 28.3. The molecule has 206 valence electrons. The minimum absolute atomic E-state index is 0.915. The number of rotatable bonds is 8. The molecule has 0 fully saturated rings. The molecule has 0 aromatic carbocycles. The van der Waals surface area contributed by atoms with Crippen LogP contribution in [0.2, 0.25) is 19.6 Å². The molecule has 8 bridgehead atoms. The van der Waals surface area contributed by atoms with Crippen LogP contribution in [0.25, 0.3) is 46.4 Å². The van der Waals surface area contributed by atoms with Crippen LogP contribution in [0.5, 0.6) is 0 Å². The fourth-order valence-electron chi connectivity index (χ4n) is 5.27. The van der Waals surface area contributed by atoms with Crippen molar-refractivity contribution in [2.24, 2.45) is 0 Å². The molecule has 40 heavy (non-hydrogen) atoms. The molecule has 0 saturated heterocycles. The van der Waals surface area contributed by atoms with Gasteiger partial charge in [-0.3, -0.25) is 0 Å². The second kappa shape index (κ2) is 12.3. The third-order valence-corrected chi connectivity index (χ3v) is 8.29. The highest BCUT2D eigenvalue weighted by Crippen LogP contribution is 2.27. The van der Waals surface area contributed by atoms with E-state index in [-0.39, 0.29) is 0 Å². The number of aromatic amines is 2. The Morgan fingerprint density at radius 1 is 0.650 bits per heavy atom. The molecule has 0 amide bonds. The van der Waals surface area contributed by atoms with E-state index in [1.807, 2.05) is 0 Å². The van der Waals surface area contributed by atoms with E-state index in [9.17, 15) is 0 Å². The average molecular weight is 547 g/mol. The van der Waals surface area contributed by atoms with Gasteiger partial charge in [0.25, 0.3) is 0 Å². The van der Waals surface area contributed by atoms with Gasteiger partial charge < -0.3 is 9.97 Å². The number of hydrogen-bond donors (Lipinski definition) is 2. The zero-order valence-electron chi connectivity index (χ0n) is 24.7. The van der Waals surface area contributed by atoms with Crippen LogP contribution in [-0.2, 0) is 12.8 Å². The van der Waals surface area contributed by atoms with Crippen molar-refractivity contribution in [2.75, 3.05) is 0 Å². The SMILES string of the molecule is CCCCCc1c2nc(c(C#C[Si](C)(C)C)c3nc(c(CCCCC)c4ccc(cc5ccc1[nH]5)[nH]4)C=C3)C=C2. The van der Waals surface area contributed by atoms with Crippen molar-refractivity contribution in [1.82, 2.24) is 19.9 Å². The summed E-state index contributed by atoms with van der Waals surface area (Å²) in [5.41, 5.74) is 15.4. The van der Waals surface area contributed by atoms with E-state index in [1.165, 1.54) is 36.8 Å². The number of fused-ring (bicyclic) bond motifs is 8. The maximum atomic E-state index is 5.20. The van der Waals surface area contributed by atoms with E-state index in [1.54, 1.807) is 0 Å². The monoisotopic (exact) mass is 546 g/mol. The van der Waals surface area contributed by atoms with E-state index in [4.69, 9.17) is 9.97 Å². The Morgan fingerprint density at radius 3 is 1.57 bits per heavy atom. The second-order valence-corrected chi connectivity index (χ2v) is 16.7. The molecular weight excluding hydrogens is 504 g/mol. The molecule has 0 radical (unpaired) electrons. The minimum Gasteiger partial charge on any atom is -0.355 e. The van der Waals surface area contributed by atoms with E-state index in [2.05, 4.69) is 110 Å². The van der Waals surface area contributed by atoms with Crippen LogP contribution in [0.15, 0.2) is 30.3 Å². The summed E-state index contributed by atoms with van der Waals surface area (Å²) in [7, 11) is -1.61. The Labute approximate surface area is 240 Å². The van der Waals surface area contributed by atoms with Crippen molar-refractivity contribution >= 4 is 54.4 Å². The molecule has 2 N–H and O–H groups in total. The summed E-state index contributed by atoms with van der Waals surface area (Å²) in [5.74, 6) is 3.55. The quantitative estimate of drug-likeness (QED) is 0.116. The lowest BCUT2D eigenvalue weighted by molar-refractivity contribution is 0.717. The third-order valence-electron chi connectivity index (χ3n) is 7.41. The Morgan fingerprint density at radius 2 is 1.12 bits per heavy atom. The van der Waals surface area contributed by atoms with Gasteiger partial charge in [0.1, 0.15) is 8.07 Å². The Hall–Kier alpha value is -3.62. The minimum atomic E-state index is -1.61. The van der Waals surface area contributed by atoms with Gasteiger partial charge in [0.2, 0.25) is 0 Å². The standard InChI is InChI=1S/C35H42N4Si/c1-6-8-10-12-27-30-16-14-25(36-30)24-26-15-17-31(37-26)28(13-11-9-7-2)33-19-21-35(39-33)29(22-23-40(3,4)5)34-20-18-32(27)38-34/h14-21,24,36-37H,6-13H2,1-5H3. The van der Waals surface area contributed by atoms with E-state index < -0.39 is 8.07 Å². The predicted molar refractivity (Wildman–Crippen MR) is 176 cm³/mol. The topological polar surface area (TPSA) is 57.4 Å². The van der Waals surface area contributed by atoms with Crippen molar-refractivity contribution in [3.05, 3.63) is 69.8 Å². The summed E-state index contributed by atoms with van der Waals surface area (Å²) in [5, 5.41) is 0. The van der Waals surface area contributed by atoms with Gasteiger partial charge in [-0.2, -0.15) is 0 Å². The summed E-state index contributed by atoms with van der Waals surface area (Å²) in [6.45, 7) is 11.4. The van der Waals surface area contributed by atoms with Crippen LogP contribution < -0.4 is 0 Å². The molecular formula is C35H42N4Si. The highest BCUT2D eigenvalue weighted by Gasteiger charge is 2.16. The summed E-state index contributed by atoms with van der Waals surface area (Å²) in [6.07, 6.45) is 17.7. The first-order valence-corrected chi connectivity index (χ1v) is 18.5. The molecule has 2 aliphatic rings. The van der Waals surface area contributed by atoms with Crippen molar-refractivity contribution in [2.45, 2.75) is 84.9 Å². The zero-order chi connectivity index (χ0) is 28.1. The number of nitrogens with one attached hydrogen (secondary N) is 2. The van der Waals surface area contributed by atoms with Crippen LogP contribution in [0.4, 0.5) is 0 Å². The first-order valence-electron chi connectivity index (χ1n) is 15.0. The summed E-state index contributed by atoms with van der Waals surface area (Å²) in [6, 6.07) is 10.9. The Balaban J connectivity index is 1.84. The van der Waals surface area contributed by atoms with Crippen LogP contribution in [0.1, 0.15) is 91.8 Å². The van der Waals surface area contributed by atoms with Gasteiger partial charge in [-0.25, -0.2) is 9.97 Å².